The first-order valence-electron chi connectivity index (χ1n) is 5.70. The molecule has 0 radical (unpaired) electrons. The zero-order valence-corrected chi connectivity index (χ0v) is 12.0. The van der Waals surface area contributed by atoms with E-state index in [9.17, 15) is 0 Å². The second-order valence-corrected chi connectivity index (χ2v) is 4.60. The van der Waals surface area contributed by atoms with E-state index in [1.807, 2.05) is 6.92 Å². The number of nitrogens with zero attached hydrogens (tertiary/aromatic N) is 2. The van der Waals surface area contributed by atoms with Gasteiger partial charge >= 0.3 is 0 Å². The first kappa shape index (κ1) is 14.2. The van der Waals surface area contributed by atoms with Crippen molar-refractivity contribution in [1.29, 1.82) is 0 Å². The van der Waals surface area contributed by atoms with Gasteiger partial charge in [-0.15, -0.1) is 0 Å². The molecule has 0 saturated heterocycles. The number of anilines is 2. The summed E-state index contributed by atoms with van der Waals surface area (Å²) in [6, 6.07) is 0. The molecule has 0 saturated carbocycles. The standard InChI is InChI=1S/C11H19BrN4O/c1-4-5-13-11-15-7-9(12)10(16-11)14-6-8(2)17-3/h7-8H,4-6H2,1-3H3,(H2,13,14,15,16). The second kappa shape index (κ2) is 7.45. The lowest BCUT2D eigenvalue weighted by molar-refractivity contribution is 0.128. The van der Waals surface area contributed by atoms with Crippen LogP contribution in [0.5, 0.6) is 0 Å². The molecule has 1 rings (SSSR count). The van der Waals surface area contributed by atoms with Crippen molar-refractivity contribution < 1.29 is 4.74 Å². The molecule has 5 nitrogen and oxygen atoms in total. The van der Waals surface area contributed by atoms with Crippen molar-refractivity contribution in [2.75, 3.05) is 30.8 Å². The number of halogens is 1. The third-order valence-electron chi connectivity index (χ3n) is 2.24. The summed E-state index contributed by atoms with van der Waals surface area (Å²) in [5, 5.41) is 6.37. The molecular formula is C11H19BrN4O. The highest BCUT2D eigenvalue weighted by Crippen LogP contribution is 2.20. The number of nitrogens with one attached hydrogen (secondary N) is 2. The molecule has 1 aromatic rings. The van der Waals surface area contributed by atoms with E-state index in [-0.39, 0.29) is 6.10 Å². The first-order valence-corrected chi connectivity index (χ1v) is 6.49. The van der Waals surface area contributed by atoms with Gasteiger partial charge in [-0.1, -0.05) is 6.92 Å². The average Bonchev–Trinajstić information content (AvgIpc) is 2.35. The molecule has 1 unspecified atom stereocenters. The van der Waals surface area contributed by atoms with E-state index >= 15 is 0 Å². The van der Waals surface area contributed by atoms with Crippen LogP contribution in [0.4, 0.5) is 11.8 Å². The minimum Gasteiger partial charge on any atom is -0.380 e. The van der Waals surface area contributed by atoms with Crippen LogP contribution >= 0.6 is 15.9 Å². The largest absolute Gasteiger partial charge is 0.380 e. The van der Waals surface area contributed by atoms with E-state index in [2.05, 4.69) is 43.5 Å². The summed E-state index contributed by atoms with van der Waals surface area (Å²) in [4.78, 5) is 8.56. The predicted octanol–water partition coefficient (Wildman–Crippen LogP) is 2.51. The number of methoxy groups -OCH3 is 1. The van der Waals surface area contributed by atoms with Crippen LogP contribution in [0, 0.1) is 0 Å². The first-order chi connectivity index (χ1) is 8.17. The van der Waals surface area contributed by atoms with Crippen molar-refractivity contribution in [2.24, 2.45) is 0 Å². The third kappa shape index (κ3) is 4.87. The molecular weight excluding hydrogens is 284 g/mol. The number of aromatic nitrogens is 2. The van der Waals surface area contributed by atoms with Crippen molar-refractivity contribution >= 4 is 27.7 Å². The topological polar surface area (TPSA) is 59.1 Å². The van der Waals surface area contributed by atoms with Crippen LogP contribution in [0.15, 0.2) is 10.7 Å². The minimum atomic E-state index is 0.143. The van der Waals surface area contributed by atoms with E-state index in [0.717, 1.165) is 23.3 Å². The van der Waals surface area contributed by atoms with Crippen molar-refractivity contribution in [3.63, 3.8) is 0 Å². The molecule has 0 aromatic carbocycles. The summed E-state index contributed by atoms with van der Waals surface area (Å²) in [5.74, 6) is 1.42. The highest BCUT2D eigenvalue weighted by Gasteiger charge is 2.06. The Morgan fingerprint density at radius 1 is 1.47 bits per heavy atom. The molecule has 0 spiro atoms. The quantitative estimate of drug-likeness (QED) is 0.810. The third-order valence-corrected chi connectivity index (χ3v) is 2.82. The van der Waals surface area contributed by atoms with Gasteiger partial charge in [0.15, 0.2) is 0 Å². The van der Waals surface area contributed by atoms with E-state index < -0.39 is 0 Å². The summed E-state index contributed by atoms with van der Waals surface area (Å²) in [6.07, 6.45) is 2.93. The Labute approximate surface area is 111 Å². The van der Waals surface area contributed by atoms with E-state index in [1.165, 1.54) is 0 Å². The molecule has 0 aliphatic rings. The van der Waals surface area contributed by atoms with Crippen LogP contribution in [0.3, 0.4) is 0 Å². The Bertz CT molecular complexity index is 348. The lowest BCUT2D eigenvalue weighted by atomic mass is 10.4. The van der Waals surface area contributed by atoms with E-state index in [1.54, 1.807) is 13.3 Å². The predicted molar refractivity (Wildman–Crippen MR) is 73.5 cm³/mol. The van der Waals surface area contributed by atoms with Gasteiger partial charge in [-0.25, -0.2) is 4.98 Å². The summed E-state index contributed by atoms with van der Waals surface area (Å²) in [5.41, 5.74) is 0. The van der Waals surface area contributed by atoms with E-state index in [4.69, 9.17) is 4.74 Å². The lowest BCUT2D eigenvalue weighted by Gasteiger charge is -2.13. The van der Waals surface area contributed by atoms with E-state index in [0.29, 0.717) is 12.5 Å². The van der Waals surface area contributed by atoms with Crippen molar-refractivity contribution in [2.45, 2.75) is 26.4 Å². The molecule has 1 heterocycles. The Balaban J connectivity index is 2.62. The molecule has 0 bridgehead atoms. The van der Waals surface area contributed by atoms with Crippen LogP contribution in [0.25, 0.3) is 0 Å². The minimum absolute atomic E-state index is 0.143. The Morgan fingerprint density at radius 3 is 2.88 bits per heavy atom. The molecule has 1 aromatic heterocycles. The van der Waals surface area contributed by atoms with Crippen molar-refractivity contribution in [3.8, 4) is 0 Å². The van der Waals surface area contributed by atoms with Crippen LogP contribution in [-0.2, 0) is 4.74 Å². The monoisotopic (exact) mass is 302 g/mol. The summed E-state index contributed by atoms with van der Waals surface area (Å²) >= 11 is 3.41. The molecule has 0 fully saturated rings. The molecule has 0 aliphatic carbocycles. The highest BCUT2D eigenvalue weighted by atomic mass is 79.9. The summed E-state index contributed by atoms with van der Waals surface area (Å²) in [6.45, 7) is 5.68. The number of hydrogen-bond donors (Lipinski definition) is 2. The van der Waals surface area contributed by atoms with Crippen molar-refractivity contribution in [1.82, 2.24) is 9.97 Å². The smallest absolute Gasteiger partial charge is 0.224 e. The molecule has 6 heteroatoms. The number of ether oxygens (including phenoxy) is 1. The van der Waals surface area contributed by atoms with Gasteiger partial charge in [-0.05, 0) is 29.3 Å². The summed E-state index contributed by atoms with van der Waals surface area (Å²) in [7, 11) is 1.69. The van der Waals surface area contributed by atoms with Crippen LogP contribution in [0.1, 0.15) is 20.3 Å². The Hall–Kier alpha value is -0.880. The van der Waals surface area contributed by atoms with Gasteiger partial charge in [-0.3, -0.25) is 0 Å². The Kier molecular flexibility index (Phi) is 6.21. The van der Waals surface area contributed by atoms with Crippen LogP contribution in [0.2, 0.25) is 0 Å². The fourth-order valence-corrected chi connectivity index (χ4v) is 1.47. The molecule has 2 N–H and O–H groups in total. The molecule has 0 amide bonds. The molecule has 1 atom stereocenters. The van der Waals surface area contributed by atoms with Crippen LogP contribution in [-0.4, -0.2) is 36.3 Å². The van der Waals surface area contributed by atoms with Crippen LogP contribution < -0.4 is 10.6 Å². The highest BCUT2D eigenvalue weighted by molar-refractivity contribution is 9.10. The fourth-order valence-electron chi connectivity index (χ4n) is 1.14. The average molecular weight is 303 g/mol. The number of hydrogen-bond acceptors (Lipinski definition) is 5. The van der Waals surface area contributed by atoms with Gasteiger partial charge in [0.05, 0.1) is 10.6 Å². The maximum absolute atomic E-state index is 5.17. The van der Waals surface area contributed by atoms with Gasteiger partial charge in [0, 0.05) is 26.4 Å². The van der Waals surface area contributed by atoms with Gasteiger partial charge in [0.2, 0.25) is 5.95 Å². The zero-order valence-electron chi connectivity index (χ0n) is 10.5. The maximum Gasteiger partial charge on any atom is 0.224 e. The number of rotatable bonds is 7. The van der Waals surface area contributed by atoms with Gasteiger partial charge < -0.3 is 15.4 Å². The molecule has 96 valence electrons. The van der Waals surface area contributed by atoms with Gasteiger partial charge in [0.1, 0.15) is 5.82 Å². The van der Waals surface area contributed by atoms with Gasteiger partial charge in [-0.2, -0.15) is 4.98 Å². The second-order valence-electron chi connectivity index (χ2n) is 3.74. The Morgan fingerprint density at radius 2 is 2.24 bits per heavy atom. The normalized spacial score (nSPS) is 12.2. The SMILES string of the molecule is CCCNc1ncc(Br)c(NCC(C)OC)n1. The molecule has 0 aliphatic heterocycles. The maximum atomic E-state index is 5.17. The lowest BCUT2D eigenvalue weighted by Crippen LogP contribution is -2.19. The summed E-state index contributed by atoms with van der Waals surface area (Å²) < 4.78 is 6.02. The zero-order chi connectivity index (χ0) is 12.7. The fraction of sp³-hybridized carbons (Fsp3) is 0.636. The van der Waals surface area contributed by atoms with Crippen molar-refractivity contribution in [3.05, 3.63) is 10.7 Å². The molecule has 17 heavy (non-hydrogen) atoms. The van der Waals surface area contributed by atoms with Gasteiger partial charge in [0.25, 0.3) is 0 Å².